The third-order valence-electron chi connectivity index (χ3n) is 2.86. The van der Waals surface area contributed by atoms with Crippen LogP contribution >= 0.6 is 23.8 Å². The molecule has 1 aromatic rings. The Morgan fingerprint density at radius 2 is 2.33 bits per heavy atom. The van der Waals surface area contributed by atoms with Crippen molar-refractivity contribution >= 4 is 40.9 Å². The summed E-state index contributed by atoms with van der Waals surface area (Å²) >= 11 is 11.2. The Morgan fingerprint density at radius 3 is 2.90 bits per heavy atom. The van der Waals surface area contributed by atoms with E-state index in [0.29, 0.717) is 28.1 Å². The Balaban J connectivity index is 2.22. The van der Waals surface area contributed by atoms with Crippen LogP contribution in [0.1, 0.15) is 12.5 Å². The first-order valence-electron chi connectivity index (χ1n) is 6.27. The van der Waals surface area contributed by atoms with E-state index < -0.39 is 0 Å². The topological polar surface area (TPSA) is 41.6 Å². The summed E-state index contributed by atoms with van der Waals surface area (Å²) in [6.07, 6.45) is 6.83. The average Bonchev–Trinajstić information content (AvgIpc) is 2.72. The molecular weight excluding hydrogens is 308 g/mol. The number of carbonyl (C=O) groups is 1. The maximum absolute atomic E-state index is 12.1. The van der Waals surface area contributed by atoms with E-state index in [-0.39, 0.29) is 12.5 Å². The summed E-state index contributed by atoms with van der Waals surface area (Å²) < 4.78 is 5.28. The molecular formula is C15H13ClN2O2S. The smallest absolute Gasteiger partial charge is 0.276 e. The second-order valence-electron chi connectivity index (χ2n) is 4.22. The number of thiocarbonyl (C=S) groups is 1. The van der Waals surface area contributed by atoms with Crippen molar-refractivity contribution in [3.8, 4) is 18.1 Å². The lowest BCUT2D eigenvalue weighted by atomic mass is 10.2. The normalized spacial score (nSPS) is 16.0. The third-order valence-corrected chi connectivity index (χ3v) is 3.47. The van der Waals surface area contributed by atoms with Crippen LogP contribution in [0.4, 0.5) is 0 Å². The van der Waals surface area contributed by atoms with Gasteiger partial charge >= 0.3 is 0 Å². The Labute approximate surface area is 133 Å². The fourth-order valence-electron chi connectivity index (χ4n) is 1.87. The van der Waals surface area contributed by atoms with Gasteiger partial charge in [-0.15, -0.1) is 6.42 Å². The monoisotopic (exact) mass is 320 g/mol. The average molecular weight is 321 g/mol. The number of rotatable bonds is 4. The van der Waals surface area contributed by atoms with Gasteiger partial charge in [0.25, 0.3) is 5.91 Å². The number of hydrogen-bond acceptors (Lipinski definition) is 3. The molecule has 6 heteroatoms. The van der Waals surface area contributed by atoms with Gasteiger partial charge in [-0.3, -0.25) is 9.69 Å². The van der Waals surface area contributed by atoms with Crippen LogP contribution in [0.5, 0.6) is 5.75 Å². The molecule has 1 saturated heterocycles. The number of ether oxygens (including phenoxy) is 1. The molecule has 2 rings (SSSR count). The number of benzene rings is 1. The van der Waals surface area contributed by atoms with E-state index in [2.05, 4.69) is 11.2 Å². The number of carbonyl (C=O) groups excluding carboxylic acids is 1. The van der Waals surface area contributed by atoms with E-state index in [0.717, 1.165) is 5.56 Å². The number of terminal acetylenes is 1. The summed E-state index contributed by atoms with van der Waals surface area (Å²) in [5.74, 6) is 2.73. The van der Waals surface area contributed by atoms with Crippen molar-refractivity contribution in [1.29, 1.82) is 0 Å². The molecule has 1 fully saturated rings. The van der Waals surface area contributed by atoms with Crippen LogP contribution in [0.2, 0.25) is 5.02 Å². The van der Waals surface area contributed by atoms with Gasteiger partial charge in [0.15, 0.2) is 5.11 Å². The van der Waals surface area contributed by atoms with Gasteiger partial charge in [-0.2, -0.15) is 0 Å². The maximum Gasteiger partial charge on any atom is 0.276 e. The van der Waals surface area contributed by atoms with Crippen molar-refractivity contribution in [3.05, 3.63) is 34.5 Å². The second-order valence-corrected chi connectivity index (χ2v) is 5.01. The van der Waals surface area contributed by atoms with E-state index >= 15 is 0 Å². The molecule has 0 aromatic heterocycles. The first-order valence-corrected chi connectivity index (χ1v) is 7.05. The Hall–Kier alpha value is -2.03. The SMILES string of the molecule is C#CCOc1ccc(/C=C2\NC(=S)N(CC)C2=O)cc1Cl. The Kier molecular flexibility index (Phi) is 4.84. The predicted molar refractivity (Wildman–Crippen MR) is 86.9 cm³/mol. The number of halogens is 1. The van der Waals surface area contributed by atoms with Crippen LogP contribution in [0.25, 0.3) is 6.08 Å². The molecule has 0 atom stereocenters. The molecule has 1 amide bonds. The van der Waals surface area contributed by atoms with E-state index in [9.17, 15) is 4.79 Å². The van der Waals surface area contributed by atoms with E-state index in [1.807, 2.05) is 6.92 Å². The van der Waals surface area contributed by atoms with Crippen molar-refractivity contribution < 1.29 is 9.53 Å². The van der Waals surface area contributed by atoms with Gasteiger partial charge in [-0.25, -0.2) is 0 Å². The number of amides is 1. The summed E-state index contributed by atoms with van der Waals surface area (Å²) in [5, 5.41) is 3.73. The largest absolute Gasteiger partial charge is 0.479 e. The molecule has 0 aliphatic carbocycles. The van der Waals surface area contributed by atoms with Crippen molar-refractivity contribution in [1.82, 2.24) is 10.2 Å². The number of nitrogens with one attached hydrogen (secondary N) is 1. The summed E-state index contributed by atoms with van der Waals surface area (Å²) in [6.45, 7) is 2.55. The Morgan fingerprint density at radius 1 is 1.57 bits per heavy atom. The molecule has 1 aromatic carbocycles. The summed E-state index contributed by atoms with van der Waals surface area (Å²) in [5.41, 5.74) is 1.19. The highest BCUT2D eigenvalue weighted by Gasteiger charge is 2.28. The first-order chi connectivity index (χ1) is 10.1. The zero-order chi connectivity index (χ0) is 15.4. The molecule has 0 saturated carbocycles. The third kappa shape index (κ3) is 3.35. The minimum atomic E-state index is -0.147. The van der Waals surface area contributed by atoms with E-state index in [1.165, 1.54) is 4.90 Å². The molecule has 4 nitrogen and oxygen atoms in total. The lowest BCUT2D eigenvalue weighted by Gasteiger charge is -2.09. The molecule has 1 aliphatic rings. The van der Waals surface area contributed by atoms with Crippen molar-refractivity contribution in [2.45, 2.75) is 6.92 Å². The van der Waals surface area contributed by atoms with E-state index in [4.69, 9.17) is 35.0 Å². The lowest BCUT2D eigenvalue weighted by Crippen LogP contribution is -2.30. The van der Waals surface area contributed by atoms with Gasteiger partial charge in [-0.1, -0.05) is 23.6 Å². The number of likely N-dealkylation sites (N-methyl/N-ethyl adjacent to an activating group) is 1. The molecule has 0 unspecified atom stereocenters. The molecule has 0 spiro atoms. The summed E-state index contributed by atoms with van der Waals surface area (Å²) in [4.78, 5) is 13.6. The molecule has 1 N–H and O–H groups in total. The zero-order valence-electron chi connectivity index (χ0n) is 11.4. The quantitative estimate of drug-likeness (QED) is 0.525. The standard InChI is InChI=1S/C15H13ClN2O2S/c1-3-7-20-13-6-5-10(8-11(13)16)9-12-14(19)18(4-2)15(21)17-12/h1,5-6,8-9H,4,7H2,2H3,(H,17,21)/b12-9-. The van der Waals surface area contributed by atoms with Gasteiger partial charge in [-0.05, 0) is 42.9 Å². The van der Waals surface area contributed by atoms with E-state index in [1.54, 1.807) is 24.3 Å². The zero-order valence-corrected chi connectivity index (χ0v) is 12.9. The fourth-order valence-corrected chi connectivity index (χ4v) is 2.43. The molecule has 0 bridgehead atoms. The number of hydrogen-bond donors (Lipinski definition) is 1. The van der Waals surface area contributed by atoms with Crippen molar-refractivity contribution in [2.24, 2.45) is 0 Å². The van der Waals surface area contributed by atoms with Gasteiger partial charge in [0.2, 0.25) is 0 Å². The minimum Gasteiger partial charge on any atom is -0.479 e. The van der Waals surface area contributed by atoms with Gasteiger partial charge < -0.3 is 10.1 Å². The highest BCUT2D eigenvalue weighted by Crippen LogP contribution is 2.26. The predicted octanol–water partition coefficient (Wildman–Crippen LogP) is 2.43. The van der Waals surface area contributed by atoms with Crippen LogP contribution in [0, 0.1) is 12.3 Å². The highest BCUT2D eigenvalue weighted by molar-refractivity contribution is 7.80. The second kappa shape index (κ2) is 6.61. The first kappa shape index (κ1) is 15.4. The van der Waals surface area contributed by atoms with Crippen LogP contribution < -0.4 is 10.1 Å². The van der Waals surface area contributed by atoms with Crippen LogP contribution in [-0.4, -0.2) is 29.1 Å². The maximum atomic E-state index is 12.1. The summed E-state index contributed by atoms with van der Waals surface area (Å²) in [7, 11) is 0. The van der Waals surface area contributed by atoms with Crippen LogP contribution in [0.3, 0.4) is 0 Å². The summed E-state index contributed by atoms with van der Waals surface area (Å²) in [6, 6.07) is 5.20. The molecule has 1 heterocycles. The van der Waals surface area contributed by atoms with Crippen LogP contribution in [0.15, 0.2) is 23.9 Å². The lowest BCUT2D eigenvalue weighted by molar-refractivity contribution is -0.122. The molecule has 0 radical (unpaired) electrons. The Bertz CT molecular complexity index is 664. The molecule has 108 valence electrons. The van der Waals surface area contributed by atoms with Crippen molar-refractivity contribution in [2.75, 3.05) is 13.2 Å². The minimum absolute atomic E-state index is 0.147. The molecule has 1 aliphatic heterocycles. The van der Waals surface area contributed by atoms with Gasteiger partial charge in [0.05, 0.1) is 5.02 Å². The van der Waals surface area contributed by atoms with Gasteiger partial charge in [0, 0.05) is 6.54 Å². The highest BCUT2D eigenvalue weighted by atomic mass is 35.5. The van der Waals surface area contributed by atoms with Gasteiger partial charge in [0.1, 0.15) is 18.1 Å². The number of nitrogens with zero attached hydrogens (tertiary/aromatic N) is 1. The fraction of sp³-hybridized carbons (Fsp3) is 0.200. The molecule has 21 heavy (non-hydrogen) atoms. The van der Waals surface area contributed by atoms with Crippen molar-refractivity contribution in [3.63, 3.8) is 0 Å². The van der Waals surface area contributed by atoms with Crippen LogP contribution in [-0.2, 0) is 4.79 Å².